The lowest BCUT2D eigenvalue weighted by atomic mass is 10.1. The van der Waals surface area contributed by atoms with Crippen molar-refractivity contribution in [2.45, 2.75) is 52.7 Å². The summed E-state index contributed by atoms with van der Waals surface area (Å²) in [6, 6.07) is 0.201. The summed E-state index contributed by atoms with van der Waals surface area (Å²) in [5.41, 5.74) is -0.416. The first kappa shape index (κ1) is 15.4. The number of carbonyl (C=O) groups excluding carboxylic acids is 1. The largest absolute Gasteiger partial charge is 0.460 e. The normalized spacial score (nSPS) is 15.6. The highest BCUT2D eigenvalue weighted by Crippen LogP contribution is 2.08. The molecule has 2 atom stereocenters. The second-order valence-corrected chi connectivity index (χ2v) is 5.24. The molecular weight excluding hydrogens is 206 g/mol. The second kappa shape index (κ2) is 6.86. The van der Waals surface area contributed by atoms with Gasteiger partial charge in [0.1, 0.15) is 5.60 Å². The zero-order chi connectivity index (χ0) is 12.8. The van der Waals surface area contributed by atoms with Gasteiger partial charge in [-0.2, -0.15) is 0 Å². The molecule has 0 rings (SSSR count). The first-order chi connectivity index (χ1) is 7.26. The fraction of sp³-hybridized carbons (Fsp3) is 0.917. The van der Waals surface area contributed by atoms with E-state index in [1.54, 1.807) is 0 Å². The molecule has 96 valence electrons. The van der Waals surface area contributed by atoms with Gasteiger partial charge in [0.05, 0.1) is 6.42 Å². The molecule has 0 radical (unpaired) electrons. The minimum absolute atomic E-state index is 0.153. The number of esters is 1. The maximum Gasteiger partial charge on any atom is 0.307 e. The van der Waals surface area contributed by atoms with E-state index in [0.29, 0.717) is 13.0 Å². The van der Waals surface area contributed by atoms with E-state index in [-0.39, 0.29) is 24.5 Å². The van der Waals surface area contributed by atoms with Crippen molar-refractivity contribution in [2.24, 2.45) is 5.92 Å². The topological polar surface area (TPSA) is 58.6 Å². The summed E-state index contributed by atoms with van der Waals surface area (Å²) in [6.45, 7) is 10.3. The van der Waals surface area contributed by atoms with E-state index < -0.39 is 5.60 Å². The Hall–Kier alpha value is -0.610. The smallest absolute Gasteiger partial charge is 0.307 e. The summed E-state index contributed by atoms with van der Waals surface area (Å²) in [6.07, 6.45) is 0.361. The lowest BCUT2D eigenvalue weighted by Gasteiger charge is -2.21. The van der Waals surface area contributed by atoms with Crippen LogP contribution in [-0.2, 0) is 9.53 Å². The van der Waals surface area contributed by atoms with E-state index in [1.165, 1.54) is 0 Å². The summed E-state index contributed by atoms with van der Waals surface area (Å²) >= 11 is 0. The Balaban J connectivity index is 3.70. The zero-order valence-electron chi connectivity index (χ0n) is 11.0. The van der Waals surface area contributed by atoms with Gasteiger partial charge in [0, 0.05) is 19.2 Å². The van der Waals surface area contributed by atoms with Crippen molar-refractivity contribution >= 4 is 5.97 Å². The molecule has 2 N–H and O–H groups in total. The van der Waals surface area contributed by atoms with Gasteiger partial charge >= 0.3 is 5.97 Å². The maximum atomic E-state index is 11.4. The molecule has 0 heterocycles. The van der Waals surface area contributed by atoms with Crippen molar-refractivity contribution in [3.05, 3.63) is 0 Å². The highest BCUT2D eigenvalue weighted by atomic mass is 16.6. The van der Waals surface area contributed by atoms with Crippen LogP contribution in [-0.4, -0.2) is 35.9 Å². The lowest BCUT2D eigenvalue weighted by Crippen LogP contribution is -2.36. The highest BCUT2D eigenvalue weighted by Gasteiger charge is 2.16. The van der Waals surface area contributed by atoms with Crippen molar-refractivity contribution < 1.29 is 14.6 Å². The van der Waals surface area contributed by atoms with Crippen molar-refractivity contribution in [1.29, 1.82) is 0 Å². The monoisotopic (exact) mass is 231 g/mol. The average molecular weight is 231 g/mol. The van der Waals surface area contributed by atoms with Gasteiger partial charge in [-0.1, -0.05) is 6.92 Å². The van der Waals surface area contributed by atoms with E-state index in [4.69, 9.17) is 9.84 Å². The van der Waals surface area contributed by atoms with Crippen LogP contribution in [0.2, 0.25) is 0 Å². The molecule has 0 bridgehead atoms. The molecule has 0 saturated heterocycles. The predicted octanol–water partition coefficient (Wildman–Crippen LogP) is 1.32. The number of aliphatic hydroxyl groups is 1. The molecule has 16 heavy (non-hydrogen) atoms. The van der Waals surface area contributed by atoms with Crippen molar-refractivity contribution in [2.75, 3.05) is 13.2 Å². The number of aliphatic hydroxyl groups excluding tert-OH is 1. The Labute approximate surface area is 98.4 Å². The molecule has 0 aromatic heterocycles. The van der Waals surface area contributed by atoms with Crippen LogP contribution in [0.4, 0.5) is 0 Å². The third-order valence-electron chi connectivity index (χ3n) is 2.36. The van der Waals surface area contributed by atoms with Crippen molar-refractivity contribution in [1.82, 2.24) is 5.32 Å². The van der Waals surface area contributed by atoms with Crippen LogP contribution in [0.5, 0.6) is 0 Å². The zero-order valence-corrected chi connectivity index (χ0v) is 11.0. The summed E-state index contributed by atoms with van der Waals surface area (Å²) in [5, 5.41) is 12.1. The minimum atomic E-state index is -0.416. The molecule has 0 aromatic carbocycles. The van der Waals surface area contributed by atoms with Gasteiger partial charge in [0.15, 0.2) is 0 Å². The number of carbonyl (C=O) groups is 1. The van der Waals surface area contributed by atoms with Crippen molar-refractivity contribution in [3.8, 4) is 0 Å². The van der Waals surface area contributed by atoms with Gasteiger partial charge in [0.2, 0.25) is 0 Å². The Morgan fingerprint density at radius 2 is 1.94 bits per heavy atom. The molecule has 0 aliphatic carbocycles. The van der Waals surface area contributed by atoms with E-state index in [2.05, 4.69) is 5.32 Å². The van der Waals surface area contributed by atoms with Crippen LogP contribution in [0.15, 0.2) is 0 Å². The Morgan fingerprint density at radius 1 is 1.38 bits per heavy atom. The molecule has 4 nitrogen and oxygen atoms in total. The summed E-state index contributed by atoms with van der Waals surface area (Å²) in [7, 11) is 0. The maximum absolute atomic E-state index is 11.4. The molecular formula is C12H25NO3. The van der Waals surface area contributed by atoms with Crippen LogP contribution in [0.25, 0.3) is 0 Å². The molecule has 0 spiro atoms. The van der Waals surface area contributed by atoms with Crippen LogP contribution in [0.3, 0.4) is 0 Å². The highest BCUT2D eigenvalue weighted by molar-refractivity contribution is 5.70. The molecule has 4 heteroatoms. The van der Waals surface area contributed by atoms with E-state index in [9.17, 15) is 4.79 Å². The van der Waals surface area contributed by atoms with Gasteiger partial charge in [-0.25, -0.2) is 0 Å². The fourth-order valence-electron chi connectivity index (χ4n) is 1.15. The Kier molecular flexibility index (Phi) is 6.60. The first-order valence-corrected chi connectivity index (χ1v) is 5.82. The van der Waals surface area contributed by atoms with Crippen LogP contribution >= 0.6 is 0 Å². The predicted molar refractivity (Wildman–Crippen MR) is 64.2 cm³/mol. The molecule has 0 aliphatic heterocycles. The average Bonchev–Trinajstić information content (AvgIpc) is 2.13. The summed E-state index contributed by atoms with van der Waals surface area (Å²) < 4.78 is 5.18. The molecule has 0 saturated carbocycles. The molecule has 0 amide bonds. The second-order valence-electron chi connectivity index (χ2n) is 5.24. The fourth-order valence-corrected chi connectivity index (χ4v) is 1.15. The van der Waals surface area contributed by atoms with Crippen molar-refractivity contribution in [3.63, 3.8) is 0 Å². The van der Waals surface area contributed by atoms with E-state index >= 15 is 0 Å². The lowest BCUT2D eigenvalue weighted by molar-refractivity contribution is -0.154. The third-order valence-corrected chi connectivity index (χ3v) is 2.36. The van der Waals surface area contributed by atoms with Crippen LogP contribution in [0, 0.1) is 5.92 Å². The van der Waals surface area contributed by atoms with E-state index in [1.807, 2.05) is 34.6 Å². The first-order valence-electron chi connectivity index (χ1n) is 5.82. The van der Waals surface area contributed by atoms with Gasteiger partial charge in [-0.05, 0) is 33.6 Å². The van der Waals surface area contributed by atoms with Gasteiger partial charge in [-0.15, -0.1) is 0 Å². The van der Waals surface area contributed by atoms with Crippen LogP contribution in [0.1, 0.15) is 41.0 Å². The third kappa shape index (κ3) is 7.65. The van der Waals surface area contributed by atoms with E-state index in [0.717, 1.165) is 0 Å². The Bertz CT molecular complexity index is 211. The quantitative estimate of drug-likeness (QED) is 0.677. The van der Waals surface area contributed by atoms with Gasteiger partial charge in [-0.3, -0.25) is 4.79 Å². The minimum Gasteiger partial charge on any atom is -0.460 e. The standard InChI is InChI=1S/C12H25NO3/c1-9(8-14)10(2)13-7-6-11(15)16-12(3,4)5/h9-10,13-14H,6-8H2,1-5H3. The molecule has 2 unspecified atom stereocenters. The summed E-state index contributed by atoms with van der Waals surface area (Å²) in [4.78, 5) is 11.4. The summed E-state index contributed by atoms with van der Waals surface area (Å²) in [5.74, 6) is 0.00230. The number of rotatable bonds is 6. The number of nitrogens with one attached hydrogen (secondary N) is 1. The number of hydrogen-bond donors (Lipinski definition) is 2. The molecule has 0 aromatic rings. The van der Waals surface area contributed by atoms with Gasteiger partial charge < -0.3 is 15.2 Å². The number of ether oxygens (including phenoxy) is 1. The van der Waals surface area contributed by atoms with Gasteiger partial charge in [0.25, 0.3) is 0 Å². The molecule has 0 aliphatic rings. The van der Waals surface area contributed by atoms with Crippen LogP contribution < -0.4 is 5.32 Å². The molecule has 0 fully saturated rings. The SMILES string of the molecule is CC(CO)C(C)NCCC(=O)OC(C)(C)C. The number of hydrogen-bond acceptors (Lipinski definition) is 4. The Morgan fingerprint density at radius 3 is 2.38 bits per heavy atom.